The van der Waals surface area contributed by atoms with Crippen molar-refractivity contribution in [2.45, 2.75) is 58.7 Å². The van der Waals surface area contributed by atoms with Crippen LogP contribution in [-0.4, -0.2) is 46.7 Å². The molecule has 1 fully saturated rings. The molecule has 1 amide bonds. The average molecular weight is 481 g/mol. The van der Waals surface area contributed by atoms with Gasteiger partial charge in [0.2, 0.25) is 0 Å². The summed E-state index contributed by atoms with van der Waals surface area (Å²) in [6.07, 6.45) is 3.26. The van der Waals surface area contributed by atoms with Crippen molar-refractivity contribution in [3.05, 3.63) is 33.8 Å². The summed E-state index contributed by atoms with van der Waals surface area (Å²) in [7, 11) is 1.71. The van der Waals surface area contributed by atoms with E-state index in [4.69, 9.17) is 21.1 Å². The highest BCUT2D eigenvalue weighted by atomic mass is 35.5. The highest BCUT2D eigenvalue weighted by Gasteiger charge is 2.28. The molecule has 2 aromatic rings. The smallest absolute Gasteiger partial charge is 0.409 e. The third-order valence-electron chi connectivity index (χ3n) is 5.54. The second-order valence-corrected chi connectivity index (χ2v) is 9.79. The number of aromatic nitrogens is 1. The van der Waals surface area contributed by atoms with Crippen molar-refractivity contribution < 1.29 is 24.2 Å². The Balaban J connectivity index is 1.71. The summed E-state index contributed by atoms with van der Waals surface area (Å²) in [5, 5.41) is 9.29. The first-order chi connectivity index (χ1) is 15.3. The number of hydrogen-bond acceptors (Lipinski definition) is 6. The fourth-order valence-electron chi connectivity index (χ4n) is 3.85. The quantitative estimate of drug-likeness (QED) is 0.515. The van der Waals surface area contributed by atoms with Crippen LogP contribution in [0.2, 0.25) is 4.34 Å². The average Bonchev–Trinajstić information content (AvgIpc) is 3.14. The first-order valence-corrected chi connectivity index (χ1v) is 12.0. The summed E-state index contributed by atoms with van der Waals surface area (Å²) >= 11 is 7.63. The van der Waals surface area contributed by atoms with E-state index in [0.717, 1.165) is 41.1 Å². The Labute approximate surface area is 197 Å². The lowest BCUT2D eigenvalue weighted by Gasteiger charge is -2.27. The summed E-state index contributed by atoms with van der Waals surface area (Å²) in [5.74, 6) is -0.454. The lowest BCUT2D eigenvalue weighted by Crippen LogP contribution is -2.29. The van der Waals surface area contributed by atoms with Gasteiger partial charge in [-0.1, -0.05) is 18.5 Å². The van der Waals surface area contributed by atoms with Crippen LogP contribution < -0.4 is 4.74 Å². The van der Waals surface area contributed by atoms with Crippen molar-refractivity contribution in [2.75, 3.05) is 13.6 Å². The van der Waals surface area contributed by atoms with E-state index < -0.39 is 5.97 Å². The van der Waals surface area contributed by atoms with Crippen molar-refractivity contribution in [1.82, 2.24) is 9.88 Å². The van der Waals surface area contributed by atoms with E-state index in [1.54, 1.807) is 18.0 Å². The van der Waals surface area contributed by atoms with Gasteiger partial charge in [0.25, 0.3) is 0 Å². The Morgan fingerprint density at radius 1 is 1.34 bits per heavy atom. The van der Waals surface area contributed by atoms with E-state index >= 15 is 0 Å². The molecule has 32 heavy (non-hydrogen) atoms. The molecule has 1 aliphatic carbocycles. The minimum atomic E-state index is -0.757. The van der Waals surface area contributed by atoms with Crippen molar-refractivity contribution in [3.63, 3.8) is 0 Å². The van der Waals surface area contributed by atoms with E-state index in [1.165, 1.54) is 11.3 Å². The molecule has 0 spiro atoms. The van der Waals surface area contributed by atoms with Gasteiger partial charge in [0.15, 0.2) is 0 Å². The Hall–Kier alpha value is -2.32. The number of carbonyl (C=O) groups excluding carboxylic acids is 1. The molecule has 174 valence electrons. The van der Waals surface area contributed by atoms with Gasteiger partial charge in [0.1, 0.15) is 12.4 Å². The van der Waals surface area contributed by atoms with Crippen LogP contribution in [0.25, 0.3) is 10.6 Å². The Kier molecular flexibility index (Phi) is 8.37. The summed E-state index contributed by atoms with van der Waals surface area (Å²) in [6.45, 7) is 4.61. The molecule has 0 aromatic carbocycles. The normalized spacial score (nSPS) is 18.2. The second kappa shape index (κ2) is 11.0. The molecule has 3 rings (SSSR count). The number of carboxylic acids is 1. The van der Waals surface area contributed by atoms with E-state index in [0.29, 0.717) is 29.5 Å². The molecule has 0 bridgehead atoms. The lowest BCUT2D eigenvalue weighted by molar-refractivity contribution is -0.143. The SMILES string of the molecule is CCCN(C)C(=O)OCc1cc(Cl)sc1-c1ccc(O[C@H]2CCC[C@H](C(=O)O)C2)c(C)n1. The summed E-state index contributed by atoms with van der Waals surface area (Å²) in [4.78, 5) is 30.5. The topological polar surface area (TPSA) is 89.0 Å². The van der Waals surface area contributed by atoms with E-state index in [2.05, 4.69) is 4.98 Å². The van der Waals surface area contributed by atoms with Crippen LogP contribution in [0.1, 0.15) is 50.3 Å². The van der Waals surface area contributed by atoms with Crippen LogP contribution in [-0.2, 0) is 16.1 Å². The highest BCUT2D eigenvalue weighted by Crippen LogP contribution is 2.37. The minimum Gasteiger partial charge on any atom is -0.489 e. The van der Waals surface area contributed by atoms with Gasteiger partial charge in [-0.05, 0) is 57.2 Å². The van der Waals surface area contributed by atoms with Crippen LogP contribution in [0, 0.1) is 12.8 Å². The van der Waals surface area contributed by atoms with Crippen molar-refractivity contribution in [3.8, 4) is 16.3 Å². The number of rotatable bonds is 8. The van der Waals surface area contributed by atoms with Crippen molar-refractivity contribution in [1.29, 1.82) is 0 Å². The predicted octanol–water partition coefficient (Wildman–Crippen LogP) is 5.77. The van der Waals surface area contributed by atoms with Crippen LogP contribution in [0.15, 0.2) is 18.2 Å². The fraction of sp³-hybridized carbons (Fsp3) is 0.522. The van der Waals surface area contributed by atoms with Crippen LogP contribution in [0.4, 0.5) is 4.79 Å². The van der Waals surface area contributed by atoms with Gasteiger partial charge in [-0.15, -0.1) is 11.3 Å². The molecule has 7 nitrogen and oxygen atoms in total. The number of hydrogen-bond donors (Lipinski definition) is 1. The zero-order valence-corrected chi connectivity index (χ0v) is 20.2. The predicted molar refractivity (Wildman–Crippen MR) is 124 cm³/mol. The molecule has 0 unspecified atom stereocenters. The number of ether oxygens (including phenoxy) is 2. The second-order valence-electron chi connectivity index (χ2n) is 8.10. The Bertz CT molecular complexity index is 964. The van der Waals surface area contributed by atoms with Crippen LogP contribution in [0.5, 0.6) is 5.75 Å². The fourth-order valence-corrected chi connectivity index (χ4v) is 5.08. The van der Waals surface area contributed by atoms with Gasteiger partial charge in [-0.2, -0.15) is 0 Å². The lowest BCUT2D eigenvalue weighted by atomic mass is 9.87. The molecule has 2 heterocycles. The van der Waals surface area contributed by atoms with Gasteiger partial charge in [0, 0.05) is 19.2 Å². The van der Waals surface area contributed by atoms with Crippen molar-refractivity contribution in [2.24, 2.45) is 5.92 Å². The van der Waals surface area contributed by atoms with E-state index in [1.807, 2.05) is 26.0 Å². The van der Waals surface area contributed by atoms with Crippen LogP contribution >= 0.6 is 22.9 Å². The highest BCUT2D eigenvalue weighted by molar-refractivity contribution is 7.19. The third kappa shape index (κ3) is 6.13. The Morgan fingerprint density at radius 2 is 2.12 bits per heavy atom. The maximum atomic E-state index is 12.1. The van der Waals surface area contributed by atoms with Crippen molar-refractivity contribution >= 4 is 35.0 Å². The Morgan fingerprint density at radius 3 is 2.81 bits per heavy atom. The maximum absolute atomic E-state index is 12.1. The minimum absolute atomic E-state index is 0.114. The van der Waals surface area contributed by atoms with Gasteiger partial charge >= 0.3 is 12.1 Å². The number of nitrogens with zero attached hydrogens (tertiary/aromatic N) is 2. The summed E-state index contributed by atoms with van der Waals surface area (Å²) < 4.78 is 12.1. The van der Waals surface area contributed by atoms with Crippen LogP contribution in [0.3, 0.4) is 0 Å². The molecule has 2 aromatic heterocycles. The largest absolute Gasteiger partial charge is 0.489 e. The molecule has 1 N–H and O–H groups in total. The molecule has 0 radical (unpaired) electrons. The first kappa shape index (κ1) is 24.3. The number of carboxylic acid groups (broad SMARTS) is 1. The molecule has 1 saturated carbocycles. The third-order valence-corrected chi connectivity index (χ3v) is 6.87. The maximum Gasteiger partial charge on any atom is 0.409 e. The summed E-state index contributed by atoms with van der Waals surface area (Å²) in [6, 6.07) is 5.52. The number of amides is 1. The molecule has 0 saturated heterocycles. The number of carbonyl (C=O) groups is 2. The van der Waals surface area contributed by atoms with Gasteiger partial charge in [0.05, 0.1) is 32.6 Å². The van der Waals surface area contributed by atoms with Gasteiger partial charge in [-0.3, -0.25) is 4.79 Å². The number of pyridine rings is 1. The standard InChI is InChI=1S/C23H29ClN2O5S/c1-4-10-26(3)23(29)30-13-16-12-20(24)32-21(16)18-8-9-19(14(2)25-18)31-17-7-5-6-15(11-17)22(27)28/h8-9,12,15,17H,4-7,10-11,13H2,1-3H3,(H,27,28)/t15-,17-/m0/s1. The summed E-state index contributed by atoms with van der Waals surface area (Å²) in [5.41, 5.74) is 2.25. The number of aryl methyl sites for hydroxylation is 1. The first-order valence-electron chi connectivity index (χ1n) is 10.8. The van der Waals surface area contributed by atoms with Gasteiger partial charge < -0.3 is 19.5 Å². The number of halogens is 1. The molecule has 1 aliphatic rings. The number of aliphatic carboxylic acids is 1. The zero-order chi connectivity index (χ0) is 23.3. The van der Waals surface area contributed by atoms with E-state index in [-0.39, 0.29) is 24.7 Å². The van der Waals surface area contributed by atoms with E-state index in [9.17, 15) is 14.7 Å². The monoisotopic (exact) mass is 480 g/mol. The van der Waals surface area contributed by atoms with Gasteiger partial charge in [-0.25, -0.2) is 9.78 Å². The molecule has 2 atom stereocenters. The number of thiophene rings is 1. The zero-order valence-electron chi connectivity index (χ0n) is 18.6. The molecular weight excluding hydrogens is 452 g/mol. The molecule has 9 heteroatoms. The molecule has 0 aliphatic heterocycles. The molecular formula is C23H29ClN2O5S.